The third-order valence-corrected chi connectivity index (χ3v) is 4.78. The van der Waals surface area contributed by atoms with Gasteiger partial charge in [0.15, 0.2) is 0 Å². The Kier molecular flexibility index (Phi) is 4.24. The van der Waals surface area contributed by atoms with E-state index < -0.39 is 0 Å². The molecule has 2 aromatic carbocycles. The van der Waals surface area contributed by atoms with Crippen LogP contribution in [0.15, 0.2) is 54.6 Å². The van der Waals surface area contributed by atoms with Crippen LogP contribution >= 0.6 is 0 Å². The van der Waals surface area contributed by atoms with Crippen molar-refractivity contribution >= 4 is 17.5 Å². The van der Waals surface area contributed by atoms with Gasteiger partial charge in [0.1, 0.15) is 11.5 Å². The van der Waals surface area contributed by atoms with Gasteiger partial charge in [-0.3, -0.25) is 14.5 Å². The monoisotopic (exact) mass is 336 g/mol. The van der Waals surface area contributed by atoms with Gasteiger partial charge in [0.05, 0.1) is 18.2 Å². The summed E-state index contributed by atoms with van der Waals surface area (Å²) in [5.74, 6) is 1.19. The van der Waals surface area contributed by atoms with E-state index in [4.69, 9.17) is 4.74 Å². The van der Waals surface area contributed by atoms with E-state index >= 15 is 0 Å². The van der Waals surface area contributed by atoms with Crippen LogP contribution < -0.4 is 9.64 Å². The van der Waals surface area contributed by atoms with Crippen LogP contribution in [0.2, 0.25) is 0 Å². The van der Waals surface area contributed by atoms with Crippen LogP contribution in [0.3, 0.4) is 0 Å². The topological polar surface area (TPSA) is 49.9 Å². The van der Waals surface area contributed by atoms with E-state index in [-0.39, 0.29) is 24.3 Å². The first-order valence-electron chi connectivity index (χ1n) is 8.66. The van der Waals surface area contributed by atoms with Crippen molar-refractivity contribution in [1.82, 2.24) is 4.90 Å². The molecule has 5 nitrogen and oxygen atoms in total. The summed E-state index contributed by atoms with van der Waals surface area (Å²) < 4.78 is 5.76. The summed E-state index contributed by atoms with van der Waals surface area (Å²) in [7, 11) is 0. The van der Waals surface area contributed by atoms with Gasteiger partial charge in [-0.15, -0.1) is 0 Å². The first kappa shape index (κ1) is 15.8. The Labute approximate surface area is 146 Å². The van der Waals surface area contributed by atoms with Crippen LogP contribution in [0.25, 0.3) is 0 Å². The maximum Gasteiger partial charge on any atom is 0.251 e. The number of imide groups is 1. The van der Waals surface area contributed by atoms with Crippen molar-refractivity contribution in [2.75, 3.05) is 18.0 Å². The van der Waals surface area contributed by atoms with Crippen LogP contribution in [0.1, 0.15) is 19.3 Å². The number of anilines is 1. The Morgan fingerprint density at radius 3 is 2.16 bits per heavy atom. The van der Waals surface area contributed by atoms with E-state index in [0.717, 1.165) is 31.7 Å². The summed E-state index contributed by atoms with van der Waals surface area (Å²) in [5, 5.41) is 0. The molecule has 2 saturated heterocycles. The smallest absolute Gasteiger partial charge is 0.251 e. The molecule has 0 N–H and O–H groups in total. The highest BCUT2D eigenvalue weighted by molar-refractivity contribution is 6.22. The number of carbonyl (C=O) groups is 2. The minimum atomic E-state index is -0.296. The molecule has 0 unspecified atom stereocenters. The zero-order chi connectivity index (χ0) is 17.2. The van der Waals surface area contributed by atoms with E-state index in [1.165, 1.54) is 4.90 Å². The average molecular weight is 336 g/mol. The Bertz CT molecular complexity index is 767. The highest BCUT2D eigenvalue weighted by atomic mass is 16.5. The maximum absolute atomic E-state index is 12.7. The minimum Gasteiger partial charge on any atom is -0.457 e. The lowest BCUT2D eigenvalue weighted by atomic mass is 10.2. The Morgan fingerprint density at radius 2 is 1.48 bits per heavy atom. The highest BCUT2D eigenvalue weighted by Gasteiger charge is 2.43. The lowest BCUT2D eigenvalue weighted by Gasteiger charge is -2.21. The molecular weight excluding hydrogens is 316 g/mol. The number of carbonyl (C=O) groups excluding carboxylic acids is 2. The van der Waals surface area contributed by atoms with Gasteiger partial charge in [0.25, 0.3) is 5.91 Å². The van der Waals surface area contributed by atoms with Crippen molar-refractivity contribution in [3.05, 3.63) is 54.6 Å². The first-order valence-corrected chi connectivity index (χ1v) is 8.66. The number of hydrogen-bond donors (Lipinski definition) is 0. The first-order chi connectivity index (χ1) is 12.2. The van der Waals surface area contributed by atoms with Crippen LogP contribution in [-0.2, 0) is 9.59 Å². The quantitative estimate of drug-likeness (QED) is 0.805. The molecule has 2 heterocycles. The summed E-state index contributed by atoms with van der Waals surface area (Å²) in [6.07, 6.45) is 2.48. The van der Waals surface area contributed by atoms with Gasteiger partial charge >= 0.3 is 0 Å². The van der Waals surface area contributed by atoms with Crippen LogP contribution in [0.4, 0.5) is 5.69 Å². The van der Waals surface area contributed by atoms with Gasteiger partial charge in [0, 0.05) is 0 Å². The summed E-state index contributed by atoms with van der Waals surface area (Å²) in [5.41, 5.74) is 0.608. The number of benzene rings is 2. The second-order valence-electron chi connectivity index (χ2n) is 6.44. The molecule has 5 heteroatoms. The fourth-order valence-corrected chi connectivity index (χ4v) is 3.51. The fraction of sp³-hybridized carbons (Fsp3) is 0.300. The molecule has 0 radical (unpaired) electrons. The number of hydrogen-bond acceptors (Lipinski definition) is 4. The van der Waals surface area contributed by atoms with Crippen LogP contribution in [0, 0.1) is 0 Å². The maximum atomic E-state index is 12.7. The van der Waals surface area contributed by atoms with Crippen molar-refractivity contribution in [1.29, 1.82) is 0 Å². The SMILES string of the molecule is O=C1C[C@@H](N2CCCC2)C(=O)N1c1ccc(Oc2ccccc2)cc1. The van der Waals surface area contributed by atoms with Crippen LogP contribution in [-0.4, -0.2) is 35.8 Å². The van der Waals surface area contributed by atoms with E-state index in [1.807, 2.05) is 30.3 Å². The van der Waals surface area contributed by atoms with E-state index in [0.29, 0.717) is 11.4 Å². The Balaban J connectivity index is 1.49. The number of nitrogens with zero attached hydrogens (tertiary/aromatic N) is 2. The van der Waals surface area contributed by atoms with Gasteiger partial charge in [-0.2, -0.15) is 0 Å². The number of likely N-dealkylation sites (tertiary alicyclic amines) is 1. The number of rotatable bonds is 4. The predicted molar refractivity (Wildman–Crippen MR) is 94.7 cm³/mol. The number of amides is 2. The molecule has 0 bridgehead atoms. The standard InChI is InChI=1S/C20H20N2O3/c23-19-14-18(21-12-4-5-13-21)20(24)22(19)15-8-10-17(11-9-15)25-16-6-2-1-3-7-16/h1-3,6-11,18H,4-5,12-14H2/t18-/m1/s1. The van der Waals surface area contributed by atoms with Crippen molar-refractivity contribution in [3.8, 4) is 11.5 Å². The third-order valence-electron chi connectivity index (χ3n) is 4.78. The molecular formula is C20H20N2O3. The molecule has 0 saturated carbocycles. The lowest BCUT2D eigenvalue weighted by molar-refractivity contribution is -0.122. The van der Waals surface area contributed by atoms with Gasteiger partial charge < -0.3 is 4.74 Å². The van der Waals surface area contributed by atoms with E-state index in [1.54, 1.807) is 24.3 Å². The summed E-state index contributed by atoms with van der Waals surface area (Å²) >= 11 is 0. The van der Waals surface area contributed by atoms with E-state index in [9.17, 15) is 9.59 Å². The average Bonchev–Trinajstić information content (AvgIpc) is 3.25. The Hall–Kier alpha value is -2.66. The highest BCUT2D eigenvalue weighted by Crippen LogP contribution is 2.30. The largest absolute Gasteiger partial charge is 0.457 e. The molecule has 0 aromatic heterocycles. The summed E-state index contributed by atoms with van der Waals surface area (Å²) in [4.78, 5) is 28.5. The zero-order valence-corrected chi connectivity index (χ0v) is 13.9. The minimum absolute atomic E-state index is 0.108. The van der Waals surface area contributed by atoms with Crippen molar-refractivity contribution < 1.29 is 14.3 Å². The van der Waals surface area contributed by atoms with Gasteiger partial charge in [0.2, 0.25) is 5.91 Å². The molecule has 2 amide bonds. The molecule has 0 spiro atoms. The molecule has 128 valence electrons. The van der Waals surface area contributed by atoms with Gasteiger partial charge in [-0.05, 0) is 62.3 Å². The molecule has 2 fully saturated rings. The van der Waals surface area contributed by atoms with Gasteiger partial charge in [-0.1, -0.05) is 18.2 Å². The third kappa shape index (κ3) is 3.15. The normalized spacial score (nSPS) is 21.1. The predicted octanol–water partition coefficient (Wildman–Crippen LogP) is 3.21. The number of ether oxygens (including phenoxy) is 1. The molecule has 1 atom stereocenters. The van der Waals surface area contributed by atoms with Crippen molar-refractivity contribution in [2.45, 2.75) is 25.3 Å². The van der Waals surface area contributed by atoms with Crippen LogP contribution in [0.5, 0.6) is 11.5 Å². The molecule has 4 rings (SSSR count). The molecule has 2 aliphatic rings. The summed E-state index contributed by atoms with van der Waals surface area (Å²) in [6, 6.07) is 16.3. The molecule has 0 aliphatic carbocycles. The number of para-hydroxylation sites is 1. The van der Waals surface area contributed by atoms with Crippen molar-refractivity contribution in [3.63, 3.8) is 0 Å². The Morgan fingerprint density at radius 1 is 0.840 bits per heavy atom. The van der Waals surface area contributed by atoms with Crippen molar-refractivity contribution in [2.24, 2.45) is 0 Å². The second-order valence-corrected chi connectivity index (χ2v) is 6.44. The molecule has 25 heavy (non-hydrogen) atoms. The van der Waals surface area contributed by atoms with E-state index in [2.05, 4.69) is 4.90 Å². The molecule has 2 aromatic rings. The lowest BCUT2D eigenvalue weighted by Crippen LogP contribution is -2.40. The molecule has 2 aliphatic heterocycles. The zero-order valence-electron chi connectivity index (χ0n) is 13.9. The van der Waals surface area contributed by atoms with Gasteiger partial charge in [-0.25, -0.2) is 4.90 Å². The fourth-order valence-electron chi connectivity index (χ4n) is 3.51. The second kappa shape index (κ2) is 6.69. The summed E-state index contributed by atoms with van der Waals surface area (Å²) in [6.45, 7) is 1.81.